The number of phenolic OH excluding ortho intramolecular Hbond substituents is 1. The molecule has 0 amide bonds. The smallest absolute Gasteiger partial charge is 0.121 e. The molecule has 112 valence electrons. The van der Waals surface area contributed by atoms with Gasteiger partial charge in [-0.05, 0) is 68.7 Å². The molecule has 0 aliphatic heterocycles. The Morgan fingerprint density at radius 1 is 1.15 bits per heavy atom. The van der Waals surface area contributed by atoms with Crippen molar-refractivity contribution < 1.29 is 5.11 Å². The van der Waals surface area contributed by atoms with E-state index in [2.05, 4.69) is 37.9 Å². The Morgan fingerprint density at radius 2 is 1.65 bits per heavy atom. The van der Waals surface area contributed by atoms with Crippen LogP contribution in [0.3, 0.4) is 0 Å². The molecule has 20 heavy (non-hydrogen) atoms. The first-order chi connectivity index (χ1) is 9.28. The second-order valence-electron chi connectivity index (χ2n) is 7.39. The van der Waals surface area contributed by atoms with Crippen molar-refractivity contribution in [3.63, 3.8) is 0 Å². The van der Waals surface area contributed by atoms with Crippen molar-refractivity contribution in [3.8, 4) is 5.75 Å². The topological polar surface area (TPSA) is 23.5 Å². The Kier molecular flexibility index (Phi) is 4.43. The highest BCUT2D eigenvalue weighted by Crippen LogP contribution is 2.37. The first-order valence-electron chi connectivity index (χ1n) is 7.78. The summed E-state index contributed by atoms with van der Waals surface area (Å²) < 4.78 is 0. The zero-order valence-electron chi connectivity index (χ0n) is 13.7. The van der Waals surface area contributed by atoms with Gasteiger partial charge in [0.1, 0.15) is 5.75 Å². The largest absolute Gasteiger partial charge is 0.507 e. The van der Waals surface area contributed by atoms with E-state index < -0.39 is 0 Å². The van der Waals surface area contributed by atoms with Crippen molar-refractivity contribution >= 4 is 0 Å². The lowest BCUT2D eigenvalue weighted by atomic mass is 9.75. The van der Waals surface area contributed by atoms with E-state index in [1.54, 1.807) is 0 Å². The van der Waals surface area contributed by atoms with Crippen molar-refractivity contribution in [2.24, 2.45) is 5.41 Å². The number of aromatic hydroxyl groups is 1. The Hall–Kier alpha value is -1.02. The summed E-state index contributed by atoms with van der Waals surface area (Å²) in [6.45, 7) is 9.71. The molecule has 1 saturated carbocycles. The lowest BCUT2D eigenvalue weighted by molar-refractivity contribution is 0.123. The number of rotatable bonds is 3. The van der Waals surface area contributed by atoms with Gasteiger partial charge in [-0.25, -0.2) is 0 Å². The van der Waals surface area contributed by atoms with Crippen LogP contribution in [0.4, 0.5) is 0 Å². The van der Waals surface area contributed by atoms with Crippen molar-refractivity contribution in [3.05, 3.63) is 28.8 Å². The molecule has 0 heterocycles. The molecule has 0 aromatic heterocycles. The minimum atomic E-state index is 0.441. The molecule has 0 unspecified atom stereocenters. The number of hydrogen-bond acceptors (Lipinski definition) is 2. The summed E-state index contributed by atoms with van der Waals surface area (Å²) in [5.74, 6) is 0.441. The molecule has 1 aromatic carbocycles. The van der Waals surface area contributed by atoms with Crippen LogP contribution in [-0.2, 0) is 6.54 Å². The number of nitrogens with zero attached hydrogens (tertiary/aromatic N) is 1. The van der Waals surface area contributed by atoms with E-state index in [0.717, 1.165) is 17.7 Å². The van der Waals surface area contributed by atoms with Crippen LogP contribution in [0.2, 0.25) is 0 Å². The first-order valence-corrected chi connectivity index (χ1v) is 7.78. The van der Waals surface area contributed by atoms with Crippen LogP contribution in [0.5, 0.6) is 5.75 Å². The summed E-state index contributed by atoms with van der Waals surface area (Å²) in [6, 6.07) is 4.94. The minimum absolute atomic E-state index is 0.441. The maximum Gasteiger partial charge on any atom is 0.121 e. The molecule has 1 aromatic rings. The lowest BCUT2D eigenvalue weighted by Gasteiger charge is -2.38. The zero-order valence-corrected chi connectivity index (χ0v) is 13.7. The normalized spacial score (nSPS) is 19.5. The van der Waals surface area contributed by atoms with Gasteiger partial charge in [0.25, 0.3) is 0 Å². The molecule has 0 bridgehead atoms. The highest BCUT2D eigenvalue weighted by molar-refractivity contribution is 5.42. The summed E-state index contributed by atoms with van der Waals surface area (Å²) in [5.41, 5.74) is 3.81. The van der Waals surface area contributed by atoms with E-state index >= 15 is 0 Å². The Bertz CT molecular complexity index is 445. The molecule has 0 saturated heterocycles. The van der Waals surface area contributed by atoms with Gasteiger partial charge in [0.05, 0.1) is 0 Å². The Morgan fingerprint density at radius 3 is 2.15 bits per heavy atom. The van der Waals surface area contributed by atoms with Crippen molar-refractivity contribution in [1.82, 2.24) is 4.90 Å². The molecule has 1 aliphatic carbocycles. The third kappa shape index (κ3) is 3.54. The van der Waals surface area contributed by atoms with Crippen LogP contribution in [0.25, 0.3) is 0 Å². The fourth-order valence-electron chi connectivity index (χ4n) is 3.38. The van der Waals surface area contributed by atoms with E-state index in [0.29, 0.717) is 17.2 Å². The first kappa shape index (κ1) is 15.4. The molecule has 0 radical (unpaired) electrons. The maximum absolute atomic E-state index is 9.86. The average molecular weight is 275 g/mol. The molecular weight excluding hydrogens is 246 g/mol. The summed E-state index contributed by atoms with van der Waals surface area (Å²) in [7, 11) is 2.24. The van der Waals surface area contributed by atoms with Gasteiger partial charge in [0.15, 0.2) is 0 Å². The van der Waals surface area contributed by atoms with Gasteiger partial charge in [-0.1, -0.05) is 26.0 Å². The number of aryl methyl sites for hydroxylation is 2. The van der Waals surface area contributed by atoms with Crippen molar-refractivity contribution in [2.75, 3.05) is 7.05 Å². The molecule has 2 nitrogen and oxygen atoms in total. The Balaban J connectivity index is 2.00. The van der Waals surface area contributed by atoms with Gasteiger partial charge in [0, 0.05) is 12.6 Å². The van der Waals surface area contributed by atoms with E-state index in [1.165, 1.54) is 31.2 Å². The maximum atomic E-state index is 9.86. The lowest BCUT2D eigenvalue weighted by Crippen LogP contribution is -2.36. The van der Waals surface area contributed by atoms with Crippen molar-refractivity contribution in [1.29, 1.82) is 0 Å². The molecule has 0 spiro atoms. The third-order valence-corrected chi connectivity index (χ3v) is 4.91. The van der Waals surface area contributed by atoms with E-state index in [4.69, 9.17) is 0 Å². The quantitative estimate of drug-likeness (QED) is 0.883. The van der Waals surface area contributed by atoms with Crippen LogP contribution in [0, 0.1) is 19.3 Å². The molecule has 2 rings (SSSR count). The highest BCUT2D eigenvalue weighted by Gasteiger charge is 2.28. The van der Waals surface area contributed by atoms with E-state index in [9.17, 15) is 5.11 Å². The number of hydrogen-bond donors (Lipinski definition) is 1. The zero-order chi connectivity index (χ0) is 14.9. The van der Waals surface area contributed by atoms with Crippen LogP contribution < -0.4 is 0 Å². The number of benzene rings is 1. The monoisotopic (exact) mass is 275 g/mol. The van der Waals surface area contributed by atoms with Crippen LogP contribution in [-0.4, -0.2) is 23.1 Å². The van der Waals surface area contributed by atoms with Gasteiger partial charge in [-0.2, -0.15) is 0 Å². The Labute approximate surface area is 123 Å². The van der Waals surface area contributed by atoms with Gasteiger partial charge >= 0.3 is 0 Å². The molecule has 0 atom stereocenters. The summed E-state index contributed by atoms with van der Waals surface area (Å²) >= 11 is 0. The van der Waals surface area contributed by atoms with Gasteiger partial charge in [-0.3, -0.25) is 4.90 Å². The second kappa shape index (κ2) is 5.77. The van der Waals surface area contributed by atoms with Crippen LogP contribution >= 0.6 is 0 Å². The minimum Gasteiger partial charge on any atom is -0.507 e. The summed E-state index contributed by atoms with van der Waals surface area (Å²) in [5, 5.41) is 9.86. The third-order valence-electron chi connectivity index (χ3n) is 4.91. The predicted molar refractivity (Wildman–Crippen MR) is 85.1 cm³/mol. The predicted octanol–water partition coefficient (Wildman–Crippen LogP) is 4.41. The molecule has 1 aliphatic rings. The molecule has 2 heteroatoms. The van der Waals surface area contributed by atoms with Crippen LogP contribution in [0.1, 0.15) is 56.2 Å². The van der Waals surface area contributed by atoms with Gasteiger partial charge < -0.3 is 5.11 Å². The molecule has 1 fully saturated rings. The number of phenols is 1. The van der Waals surface area contributed by atoms with Crippen molar-refractivity contribution in [2.45, 2.75) is 66.0 Å². The molecule has 1 N–H and O–H groups in total. The van der Waals surface area contributed by atoms with Gasteiger partial charge in [0.2, 0.25) is 0 Å². The SMILES string of the molecule is Cc1cc(CN(C)C2CCC(C)(C)CC2)cc(C)c1O. The van der Waals surface area contributed by atoms with Gasteiger partial charge in [-0.15, -0.1) is 0 Å². The van der Waals surface area contributed by atoms with E-state index in [1.807, 2.05) is 13.8 Å². The summed E-state index contributed by atoms with van der Waals surface area (Å²) in [4.78, 5) is 2.49. The van der Waals surface area contributed by atoms with Crippen LogP contribution in [0.15, 0.2) is 12.1 Å². The fourth-order valence-corrected chi connectivity index (χ4v) is 3.38. The standard InChI is InChI=1S/C18H29NO/c1-13-10-15(11-14(2)17(13)20)12-19(5)16-6-8-18(3,4)9-7-16/h10-11,16,20H,6-9,12H2,1-5H3. The fraction of sp³-hybridized carbons (Fsp3) is 0.667. The second-order valence-corrected chi connectivity index (χ2v) is 7.39. The van der Waals surface area contributed by atoms with E-state index in [-0.39, 0.29) is 0 Å². The molecular formula is C18H29NO. The summed E-state index contributed by atoms with van der Waals surface area (Å²) in [6.07, 6.45) is 5.27. The highest BCUT2D eigenvalue weighted by atomic mass is 16.3. The average Bonchev–Trinajstić information content (AvgIpc) is 2.35.